The van der Waals surface area contributed by atoms with Gasteiger partial charge >= 0.3 is 0 Å². The number of amides is 1. The molecule has 8 nitrogen and oxygen atoms in total. The van der Waals surface area contributed by atoms with Gasteiger partial charge in [-0.25, -0.2) is 0 Å². The summed E-state index contributed by atoms with van der Waals surface area (Å²) in [6.45, 7) is 4.66. The molecule has 0 spiro atoms. The van der Waals surface area contributed by atoms with Gasteiger partial charge in [0.1, 0.15) is 13.2 Å². The summed E-state index contributed by atoms with van der Waals surface area (Å²) in [5.74, 6) is -0.207. The molecule has 3 atom stereocenters. The van der Waals surface area contributed by atoms with Crippen molar-refractivity contribution >= 4 is 13.7 Å². The lowest BCUT2D eigenvalue weighted by Gasteiger charge is -2.29. The topological polar surface area (TPSA) is 108 Å². The average molecular weight is 994 g/mol. The zero-order valence-electron chi connectivity index (χ0n) is 46.5. The largest absolute Gasteiger partial charge is 0.756 e. The third kappa shape index (κ3) is 54.3. The molecule has 2 N–H and O–H groups in total. The van der Waals surface area contributed by atoms with Crippen molar-refractivity contribution in [3.8, 4) is 0 Å². The average Bonchev–Trinajstić information content (AvgIpc) is 3.31. The van der Waals surface area contributed by atoms with Crippen LogP contribution >= 0.6 is 7.82 Å². The van der Waals surface area contributed by atoms with Crippen molar-refractivity contribution in [1.82, 2.24) is 5.32 Å². The molecule has 9 heteroatoms. The molecule has 0 heterocycles. The van der Waals surface area contributed by atoms with Gasteiger partial charge in [0.2, 0.25) is 5.91 Å². The number of phosphoric acid groups is 1. The van der Waals surface area contributed by atoms with E-state index in [1.165, 1.54) is 225 Å². The van der Waals surface area contributed by atoms with Crippen LogP contribution in [0.2, 0.25) is 0 Å². The smallest absolute Gasteiger partial charge is 0.268 e. The highest BCUT2D eigenvalue weighted by Gasteiger charge is 2.23. The van der Waals surface area contributed by atoms with Crippen molar-refractivity contribution in [3.63, 3.8) is 0 Å². The standard InChI is InChI=1S/C60H117N2O6P/c1-6-8-10-12-14-16-18-20-22-24-25-26-27-28-29-30-31-32-33-34-35-36-38-39-41-43-45-47-49-51-53-59(63)58(57-68-69(65,66)67-56-55-62(3,4)5)61-60(64)54-52-50-48-46-44-42-40-37-23-21-19-17-15-13-11-9-7-2/h36,38,43,45,51,53,58-59,63H,6-35,37,39-42,44,46-50,52,54-57H2,1-5H3,(H-,61,64,65,66)/b38-36+,45-43+,53-51+. The van der Waals surface area contributed by atoms with Gasteiger partial charge in [0, 0.05) is 6.42 Å². The third-order valence-corrected chi connectivity index (χ3v) is 14.5. The number of aliphatic hydroxyl groups excluding tert-OH is 1. The van der Waals surface area contributed by atoms with Crippen LogP contribution in [0, 0.1) is 0 Å². The van der Waals surface area contributed by atoms with Gasteiger partial charge in [0.25, 0.3) is 7.82 Å². The van der Waals surface area contributed by atoms with Crippen LogP contribution in [0.25, 0.3) is 0 Å². The molecule has 69 heavy (non-hydrogen) atoms. The molecule has 0 aliphatic rings. The molecule has 408 valence electrons. The fourth-order valence-electron chi connectivity index (χ4n) is 8.89. The zero-order chi connectivity index (χ0) is 50.6. The number of carbonyl (C=O) groups is 1. The molecule has 0 radical (unpaired) electrons. The number of allylic oxidation sites excluding steroid dienone is 5. The van der Waals surface area contributed by atoms with Crippen LogP contribution in [0.15, 0.2) is 36.5 Å². The number of nitrogens with zero attached hydrogens (tertiary/aromatic N) is 1. The van der Waals surface area contributed by atoms with Gasteiger partial charge in [0.05, 0.1) is 39.9 Å². The van der Waals surface area contributed by atoms with Gasteiger partial charge in [0.15, 0.2) is 0 Å². The first kappa shape index (κ1) is 67.7. The molecule has 3 unspecified atom stereocenters. The summed E-state index contributed by atoms with van der Waals surface area (Å²) in [4.78, 5) is 25.5. The molecule has 0 aliphatic carbocycles. The van der Waals surface area contributed by atoms with Crippen molar-refractivity contribution in [2.24, 2.45) is 0 Å². The Kier molecular flexibility index (Phi) is 50.7. The van der Waals surface area contributed by atoms with Crippen LogP contribution < -0.4 is 10.2 Å². The predicted octanol–water partition coefficient (Wildman–Crippen LogP) is 17.5. The maximum absolute atomic E-state index is 12.9. The Balaban J connectivity index is 4.20. The van der Waals surface area contributed by atoms with Crippen molar-refractivity contribution in [1.29, 1.82) is 0 Å². The first-order valence-corrected chi connectivity index (χ1v) is 31.3. The van der Waals surface area contributed by atoms with E-state index in [0.717, 1.165) is 44.9 Å². The minimum Gasteiger partial charge on any atom is -0.756 e. The lowest BCUT2D eigenvalue weighted by molar-refractivity contribution is -0.870. The van der Waals surface area contributed by atoms with Gasteiger partial charge in [-0.1, -0.05) is 275 Å². The van der Waals surface area contributed by atoms with E-state index in [1.54, 1.807) is 6.08 Å². The quantitative estimate of drug-likeness (QED) is 0.0272. The van der Waals surface area contributed by atoms with E-state index in [1.807, 2.05) is 27.2 Å². The molecule has 0 aromatic rings. The van der Waals surface area contributed by atoms with Crippen LogP contribution in [-0.2, 0) is 18.4 Å². The van der Waals surface area contributed by atoms with Gasteiger partial charge < -0.3 is 28.8 Å². The second-order valence-corrected chi connectivity index (χ2v) is 23.1. The van der Waals surface area contributed by atoms with Crippen LogP contribution in [0.4, 0.5) is 0 Å². The Morgan fingerprint density at radius 2 is 0.812 bits per heavy atom. The van der Waals surface area contributed by atoms with Crippen molar-refractivity contribution < 1.29 is 32.9 Å². The molecule has 0 saturated heterocycles. The van der Waals surface area contributed by atoms with E-state index in [4.69, 9.17) is 9.05 Å². The highest BCUT2D eigenvalue weighted by molar-refractivity contribution is 7.45. The van der Waals surface area contributed by atoms with Crippen LogP contribution in [0.5, 0.6) is 0 Å². The number of quaternary nitrogens is 1. The number of likely N-dealkylation sites (N-methyl/N-ethyl adjacent to an activating group) is 1. The van der Waals surface area contributed by atoms with E-state index in [-0.39, 0.29) is 12.5 Å². The second-order valence-electron chi connectivity index (χ2n) is 21.7. The summed E-state index contributed by atoms with van der Waals surface area (Å²) < 4.78 is 23.3. The number of unbranched alkanes of at least 4 members (excludes halogenated alkanes) is 38. The highest BCUT2D eigenvalue weighted by atomic mass is 31.2. The van der Waals surface area contributed by atoms with E-state index in [9.17, 15) is 19.4 Å². The SMILES string of the molecule is CCCCCCCCCCCCCCCCCCCCCC/C=C/CC/C=C/CC/C=C/C(O)C(COP(=O)([O-])OCC[N+](C)(C)C)NC(=O)CCCCCCCCCCCCCCCCCCC. The first-order chi connectivity index (χ1) is 33.5. The molecule has 0 rings (SSSR count). The van der Waals surface area contributed by atoms with Crippen LogP contribution in [-0.4, -0.2) is 68.5 Å². The fraction of sp³-hybridized carbons (Fsp3) is 0.883. The normalized spacial score (nSPS) is 14.1. The van der Waals surface area contributed by atoms with Gasteiger partial charge in [-0.3, -0.25) is 9.36 Å². The number of hydrogen-bond acceptors (Lipinski definition) is 6. The summed E-state index contributed by atoms with van der Waals surface area (Å²) in [5, 5.41) is 13.9. The Hall–Kier alpha value is -1.28. The van der Waals surface area contributed by atoms with Crippen LogP contribution in [0.1, 0.15) is 290 Å². The lowest BCUT2D eigenvalue weighted by atomic mass is 10.0. The second kappa shape index (κ2) is 51.6. The Morgan fingerprint density at radius 1 is 0.493 bits per heavy atom. The lowest BCUT2D eigenvalue weighted by Crippen LogP contribution is -2.45. The third-order valence-electron chi connectivity index (χ3n) is 13.6. The van der Waals surface area contributed by atoms with Crippen molar-refractivity contribution in [2.75, 3.05) is 40.9 Å². The number of aliphatic hydroxyl groups is 1. The number of carbonyl (C=O) groups excluding carboxylic acids is 1. The van der Waals surface area contributed by atoms with E-state index in [0.29, 0.717) is 17.4 Å². The molecule has 0 aromatic heterocycles. The monoisotopic (exact) mass is 993 g/mol. The molecule has 0 fully saturated rings. The fourth-order valence-corrected chi connectivity index (χ4v) is 9.62. The van der Waals surface area contributed by atoms with E-state index >= 15 is 0 Å². The number of nitrogens with one attached hydrogen (secondary N) is 1. The summed E-state index contributed by atoms with van der Waals surface area (Å²) >= 11 is 0. The molecular weight excluding hydrogens is 876 g/mol. The molecule has 0 aromatic carbocycles. The maximum atomic E-state index is 12.9. The number of phosphoric ester groups is 1. The minimum atomic E-state index is -4.61. The van der Waals surface area contributed by atoms with E-state index < -0.39 is 26.6 Å². The van der Waals surface area contributed by atoms with Crippen molar-refractivity contribution in [2.45, 2.75) is 302 Å². The molecular formula is C60H117N2O6P. The Morgan fingerprint density at radius 3 is 1.17 bits per heavy atom. The van der Waals surface area contributed by atoms with Crippen molar-refractivity contribution in [3.05, 3.63) is 36.5 Å². The molecule has 0 saturated carbocycles. The zero-order valence-corrected chi connectivity index (χ0v) is 47.4. The van der Waals surface area contributed by atoms with Gasteiger partial charge in [-0.15, -0.1) is 0 Å². The summed E-state index contributed by atoms with van der Waals surface area (Å²) in [7, 11) is 1.25. The predicted molar refractivity (Wildman–Crippen MR) is 298 cm³/mol. The molecule has 0 aliphatic heterocycles. The summed E-state index contributed by atoms with van der Waals surface area (Å²) in [5.41, 5.74) is 0. The molecule has 1 amide bonds. The first-order valence-electron chi connectivity index (χ1n) is 29.9. The molecule has 0 bridgehead atoms. The summed E-state index contributed by atoms with van der Waals surface area (Å²) in [6.07, 6.45) is 66.7. The van der Waals surface area contributed by atoms with Gasteiger partial charge in [-0.2, -0.15) is 0 Å². The summed E-state index contributed by atoms with van der Waals surface area (Å²) in [6, 6.07) is -0.908. The van der Waals surface area contributed by atoms with Crippen LogP contribution in [0.3, 0.4) is 0 Å². The number of hydrogen-bond donors (Lipinski definition) is 2. The maximum Gasteiger partial charge on any atom is 0.268 e. The highest BCUT2D eigenvalue weighted by Crippen LogP contribution is 2.38. The Bertz CT molecular complexity index is 1220. The number of rotatable bonds is 55. The van der Waals surface area contributed by atoms with E-state index in [2.05, 4.69) is 43.5 Å². The van der Waals surface area contributed by atoms with Gasteiger partial charge in [-0.05, 0) is 44.9 Å². The Labute approximate surface area is 429 Å². The minimum absolute atomic E-state index is 0.00740.